The van der Waals surface area contributed by atoms with E-state index in [1.807, 2.05) is 6.07 Å². The van der Waals surface area contributed by atoms with Crippen molar-refractivity contribution in [2.24, 2.45) is 0 Å². The number of aliphatic hydroxyl groups excluding tert-OH is 1. The minimum Gasteiger partial charge on any atom is -0.503 e. The molecule has 1 unspecified atom stereocenters. The molecule has 1 aliphatic rings. The molecule has 3 heterocycles. The molecule has 0 saturated heterocycles. The lowest BCUT2D eigenvalue weighted by atomic mass is 9.95. The Bertz CT molecular complexity index is 1430. The maximum Gasteiger partial charge on any atom is 0.294 e. The van der Waals surface area contributed by atoms with Crippen LogP contribution in [0.15, 0.2) is 93.3 Å². The van der Waals surface area contributed by atoms with Crippen molar-refractivity contribution in [2.45, 2.75) is 6.04 Å². The molecule has 2 aromatic carbocycles. The summed E-state index contributed by atoms with van der Waals surface area (Å²) >= 11 is 3.40. The second kappa shape index (κ2) is 8.22. The van der Waals surface area contributed by atoms with Crippen LogP contribution in [-0.2, 0) is 4.79 Å². The first-order chi connectivity index (χ1) is 16.0. The Labute approximate surface area is 197 Å². The minimum atomic E-state index is -0.875. The van der Waals surface area contributed by atoms with Gasteiger partial charge in [-0.25, -0.2) is 0 Å². The molecule has 0 aliphatic carbocycles. The standard InChI is InChI=1S/C25H17BrN2O5/c1-32-18-4-2-3-17(13-18)28-22(14-7-9-27-10-8-14)21(24(30)25(28)31)23(29)20-12-15-11-16(26)5-6-19(15)33-20/h2-13,22,30H,1H3. The number of ether oxygens (including phenoxy) is 1. The zero-order chi connectivity index (χ0) is 23.1. The summed E-state index contributed by atoms with van der Waals surface area (Å²) in [4.78, 5) is 32.2. The normalized spacial score (nSPS) is 16.0. The number of carbonyl (C=O) groups excluding carboxylic acids is 2. The Morgan fingerprint density at radius 1 is 1.12 bits per heavy atom. The lowest BCUT2D eigenvalue weighted by molar-refractivity contribution is -0.117. The first kappa shape index (κ1) is 21.0. The number of halogens is 1. The molecule has 0 radical (unpaired) electrons. The van der Waals surface area contributed by atoms with Crippen LogP contribution in [0, 0.1) is 0 Å². The number of pyridine rings is 1. The predicted octanol–water partition coefficient (Wildman–Crippen LogP) is 5.38. The summed E-state index contributed by atoms with van der Waals surface area (Å²) in [6, 6.07) is 16.4. The predicted molar refractivity (Wildman–Crippen MR) is 125 cm³/mol. The molecule has 0 saturated carbocycles. The third kappa shape index (κ3) is 3.58. The lowest BCUT2D eigenvalue weighted by Crippen LogP contribution is -2.31. The topological polar surface area (TPSA) is 92.9 Å². The zero-order valence-corrected chi connectivity index (χ0v) is 18.9. The molecule has 5 rings (SSSR count). The molecule has 8 heteroatoms. The van der Waals surface area contributed by atoms with E-state index in [-0.39, 0.29) is 11.3 Å². The fourth-order valence-electron chi connectivity index (χ4n) is 3.98. The molecule has 0 spiro atoms. The van der Waals surface area contributed by atoms with Crippen molar-refractivity contribution in [3.8, 4) is 5.75 Å². The quantitative estimate of drug-likeness (QED) is 0.366. The molecule has 4 aromatic rings. The maximum absolute atomic E-state index is 13.6. The summed E-state index contributed by atoms with van der Waals surface area (Å²) in [5.74, 6) is -1.31. The van der Waals surface area contributed by atoms with Crippen molar-refractivity contribution in [1.29, 1.82) is 0 Å². The van der Waals surface area contributed by atoms with E-state index in [1.165, 1.54) is 12.0 Å². The number of Topliss-reactive ketones (excluding diaryl/α,β-unsaturated/α-hetero) is 1. The van der Waals surface area contributed by atoms with E-state index in [4.69, 9.17) is 9.15 Å². The number of anilines is 1. The highest BCUT2D eigenvalue weighted by Gasteiger charge is 2.45. The Morgan fingerprint density at radius 2 is 1.91 bits per heavy atom. The number of hydrogen-bond donors (Lipinski definition) is 1. The van der Waals surface area contributed by atoms with Crippen LogP contribution >= 0.6 is 15.9 Å². The maximum atomic E-state index is 13.6. The summed E-state index contributed by atoms with van der Waals surface area (Å²) in [6.07, 6.45) is 3.14. The van der Waals surface area contributed by atoms with E-state index in [2.05, 4.69) is 20.9 Å². The molecule has 1 atom stereocenters. The van der Waals surface area contributed by atoms with E-state index in [0.29, 0.717) is 22.6 Å². The summed E-state index contributed by atoms with van der Waals surface area (Å²) < 4.78 is 11.9. The molecule has 2 aromatic heterocycles. The monoisotopic (exact) mass is 504 g/mol. The van der Waals surface area contributed by atoms with Gasteiger partial charge < -0.3 is 14.3 Å². The number of hydrogen-bond acceptors (Lipinski definition) is 6. The van der Waals surface area contributed by atoms with Gasteiger partial charge in [-0.3, -0.25) is 19.5 Å². The van der Waals surface area contributed by atoms with Gasteiger partial charge in [-0.2, -0.15) is 0 Å². The van der Waals surface area contributed by atoms with Crippen LogP contribution in [0.3, 0.4) is 0 Å². The summed E-state index contributed by atoms with van der Waals surface area (Å²) in [5, 5.41) is 11.6. The molecule has 7 nitrogen and oxygen atoms in total. The Balaban J connectivity index is 1.65. The van der Waals surface area contributed by atoms with Crippen molar-refractivity contribution in [1.82, 2.24) is 4.98 Å². The number of nitrogens with zero attached hydrogens (tertiary/aromatic N) is 2. The fourth-order valence-corrected chi connectivity index (χ4v) is 4.36. The Hall–Kier alpha value is -3.91. The highest BCUT2D eigenvalue weighted by Crippen LogP contribution is 2.42. The van der Waals surface area contributed by atoms with Crippen LogP contribution in [0.4, 0.5) is 5.69 Å². The number of methoxy groups -OCH3 is 1. The number of aromatic nitrogens is 1. The van der Waals surface area contributed by atoms with E-state index < -0.39 is 23.5 Å². The molecular formula is C25H17BrN2O5. The number of rotatable bonds is 5. The third-order valence-corrected chi connectivity index (χ3v) is 6.00. The van der Waals surface area contributed by atoms with Crippen LogP contribution in [0.5, 0.6) is 5.75 Å². The molecule has 33 heavy (non-hydrogen) atoms. The molecule has 164 valence electrons. The van der Waals surface area contributed by atoms with E-state index in [1.54, 1.807) is 67.0 Å². The van der Waals surface area contributed by atoms with Gasteiger partial charge in [0.15, 0.2) is 11.5 Å². The lowest BCUT2D eigenvalue weighted by Gasteiger charge is -2.26. The van der Waals surface area contributed by atoms with Gasteiger partial charge in [-0.05, 0) is 54.1 Å². The van der Waals surface area contributed by atoms with Crippen molar-refractivity contribution in [3.63, 3.8) is 0 Å². The highest BCUT2D eigenvalue weighted by molar-refractivity contribution is 9.10. The summed E-state index contributed by atoms with van der Waals surface area (Å²) in [6.45, 7) is 0. The molecular weight excluding hydrogens is 488 g/mol. The minimum absolute atomic E-state index is 0.0315. The van der Waals surface area contributed by atoms with E-state index in [0.717, 1.165) is 9.86 Å². The number of carbonyl (C=O) groups is 2. The number of fused-ring (bicyclic) bond motifs is 1. The van der Waals surface area contributed by atoms with Crippen molar-refractivity contribution in [3.05, 3.63) is 100 Å². The average molecular weight is 505 g/mol. The van der Waals surface area contributed by atoms with Gasteiger partial charge in [0, 0.05) is 34.0 Å². The van der Waals surface area contributed by atoms with Gasteiger partial charge in [-0.15, -0.1) is 0 Å². The van der Waals surface area contributed by atoms with Gasteiger partial charge in [-0.1, -0.05) is 22.0 Å². The SMILES string of the molecule is COc1cccc(N2C(=O)C(O)=C(C(=O)c3cc4cc(Br)ccc4o3)C2c2ccncc2)c1. The van der Waals surface area contributed by atoms with Crippen molar-refractivity contribution >= 4 is 44.3 Å². The van der Waals surface area contributed by atoms with Gasteiger partial charge in [0.2, 0.25) is 5.78 Å². The molecule has 0 bridgehead atoms. The van der Waals surface area contributed by atoms with Crippen LogP contribution in [0.1, 0.15) is 22.2 Å². The molecule has 1 amide bonds. The number of furan rings is 1. The van der Waals surface area contributed by atoms with Crippen LogP contribution in [-0.4, -0.2) is 28.9 Å². The Morgan fingerprint density at radius 3 is 2.67 bits per heavy atom. The smallest absolute Gasteiger partial charge is 0.294 e. The van der Waals surface area contributed by atoms with Crippen LogP contribution in [0.2, 0.25) is 0 Å². The van der Waals surface area contributed by atoms with Gasteiger partial charge in [0.25, 0.3) is 5.91 Å². The van der Waals surface area contributed by atoms with Crippen molar-refractivity contribution in [2.75, 3.05) is 12.0 Å². The van der Waals surface area contributed by atoms with E-state index in [9.17, 15) is 14.7 Å². The summed E-state index contributed by atoms with van der Waals surface area (Å²) in [7, 11) is 1.52. The number of aliphatic hydroxyl groups is 1. The Kier molecular flexibility index (Phi) is 5.22. The second-order valence-electron chi connectivity index (χ2n) is 7.44. The molecule has 0 fully saturated rings. The van der Waals surface area contributed by atoms with Gasteiger partial charge >= 0.3 is 0 Å². The fraction of sp³-hybridized carbons (Fsp3) is 0.0800. The van der Waals surface area contributed by atoms with Crippen LogP contribution in [0.25, 0.3) is 11.0 Å². The summed E-state index contributed by atoms with van der Waals surface area (Å²) in [5.41, 5.74) is 1.56. The zero-order valence-electron chi connectivity index (χ0n) is 17.4. The van der Waals surface area contributed by atoms with Crippen LogP contribution < -0.4 is 9.64 Å². The molecule has 1 N–H and O–H groups in total. The van der Waals surface area contributed by atoms with Gasteiger partial charge in [0.05, 0.1) is 18.7 Å². The average Bonchev–Trinajstić information content (AvgIpc) is 3.37. The third-order valence-electron chi connectivity index (χ3n) is 5.51. The van der Waals surface area contributed by atoms with Gasteiger partial charge in [0.1, 0.15) is 11.3 Å². The number of ketones is 1. The first-order valence-corrected chi connectivity index (χ1v) is 10.8. The first-order valence-electron chi connectivity index (χ1n) is 10.0. The second-order valence-corrected chi connectivity index (χ2v) is 8.36. The van der Waals surface area contributed by atoms with E-state index >= 15 is 0 Å². The largest absolute Gasteiger partial charge is 0.503 e. The number of benzene rings is 2. The highest BCUT2D eigenvalue weighted by atomic mass is 79.9. The van der Waals surface area contributed by atoms with Crippen molar-refractivity contribution < 1.29 is 23.8 Å². The molecule has 1 aliphatic heterocycles. The number of amides is 1.